The van der Waals surface area contributed by atoms with Gasteiger partial charge in [-0.2, -0.15) is 0 Å². The number of benzene rings is 4. The van der Waals surface area contributed by atoms with E-state index in [0.717, 1.165) is 0 Å². The zero-order valence-electron chi connectivity index (χ0n) is 19.4. The Morgan fingerprint density at radius 1 is 0.684 bits per heavy atom. The highest BCUT2D eigenvalue weighted by atomic mass is 35.5. The fraction of sp³-hybridized carbons (Fsp3) is 0.0357. The molecule has 0 bridgehead atoms. The topological polar surface area (TPSA) is 84.5 Å². The lowest BCUT2D eigenvalue weighted by molar-refractivity contribution is -0.118. The summed E-state index contributed by atoms with van der Waals surface area (Å²) in [6, 6.07) is 22.4. The average molecular weight is 588 g/mol. The van der Waals surface area contributed by atoms with Crippen molar-refractivity contribution >= 4 is 75.4 Å². The Kier molecular flexibility index (Phi) is 8.92. The van der Waals surface area contributed by atoms with E-state index in [-0.39, 0.29) is 33.7 Å². The molecule has 10 heteroatoms. The summed E-state index contributed by atoms with van der Waals surface area (Å²) in [4.78, 5) is 38.1. The van der Waals surface area contributed by atoms with Crippen LogP contribution in [-0.4, -0.2) is 24.2 Å². The number of anilines is 2. The average Bonchev–Trinajstić information content (AvgIpc) is 2.90. The van der Waals surface area contributed by atoms with E-state index >= 15 is 0 Å². The van der Waals surface area contributed by atoms with Crippen LogP contribution in [0.25, 0.3) is 0 Å². The van der Waals surface area contributed by atoms with Gasteiger partial charge in [-0.15, -0.1) is 0 Å². The maximum atomic E-state index is 12.9. The number of halogens is 4. The molecule has 0 unspecified atom stereocenters. The summed E-state index contributed by atoms with van der Waals surface area (Å²) in [5.41, 5.74) is 1.59. The Labute approximate surface area is 238 Å². The number of carbonyl (C=O) groups is 3. The van der Waals surface area contributed by atoms with Crippen molar-refractivity contribution in [1.82, 2.24) is 0 Å². The van der Waals surface area contributed by atoms with Crippen LogP contribution in [0.5, 0.6) is 5.75 Å². The standard InChI is InChI=1S/C28H18Cl4N2O4/c29-18-8-11-24(21(12-18)27(36)16-4-2-1-3-5-16)33-25(35)15-38-20-9-6-17(7-10-20)28(37)34-26-22(31)13-19(30)14-23(26)32/h1-14H,15H2,(H,33,35)(H,34,37). The molecule has 0 aliphatic rings. The number of hydrogen-bond donors (Lipinski definition) is 2. The highest BCUT2D eigenvalue weighted by Crippen LogP contribution is 2.34. The van der Waals surface area contributed by atoms with Crippen molar-refractivity contribution < 1.29 is 19.1 Å². The van der Waals surface area contributed by atoms with E-state index in [0.29, 0.717) is 32.6 Å². The van der Waals surface area contributed by atoms with Crippen molar-refractivity contribution in [2.45, 2.75) is 0 Å². The molecule has 0 aliphatic heterocycles. The van der Waals surface area contributed by atoms with E-state index in [4.69, 9.17) is 51.1 Å². The van der Waals surface area contributed by atoms with Crippen LogP contribution in [0.2, 0.25) is 20.1 Å². The first-order chi connectivity index (χ1) is 18.2. The lowest BCUT2D eigenvalue weighted by Gasteiger charge is -2.12. The van der Waals surface area contributed by atoms with Crippen LogP contribution in [-0.2, 0) is 4.79 Å². The molecule has 0 spiro atoms. The van der Waals surface area contributed by atoms with Gasteiger partial charge in [0.25, 0.3) is 11.8 Å². The second kappa shape index (κ2) is 12.3. The van der Waals surface area contributed by atoms with Crippen molar-refractivity contribution in [1.29, 1.82) is 0 Å². The Hall–Kier alpha value is -3.55. The van der Waals surface area contributed by atoms with Gasteiger partial charge in [0.05, 0.1) is 21.4 Å². The SMILES string of the molecule is O=C(COc1ccc(C(=O)Nc2c(Cl)cc(Cl)cc2Cl)cc1)Nc1ccc(Cl)cc1C(=O)c1ccccc1. The molecule has 6 nitrogen and oxygen atoms in total. The fourth-order valence-corrected chi connectivity index (χ4v) is 4.53. The lowest BCUT2D eigenvalue weighted by atomic mass is 10.0. The number of ketones is 1. The molecule has 0 heterocycles. The normalized spacial score (nSPS) is 10.5. The van der Waals surface area contributed by atoms with Crippen LogP contribution in [0.15, 0.2) is 84.9 Å². The number of nitrogens with one attached hydrogen (secondary N) is 2. The van der Waals surface area contributed by atoms with E-state index < -0.39 is 11.8 Å². The number of rotatable bonds is 8. The van der Waals surface area contributed by atoms with Gasteiger partial charge in [0, 0.05) is 26.7 Å². The van der Waals surface area contributed by atoms with Gasteiger partial charge in [-0.1, -0.05) is 76.7 Å². The van der Waals surface area contributed by atoms with E-state index in [1.165, 1.54) is 30.3 Å². The Bertz CT molecular complexity index is 1490. The molecule has 0 saturated heterocycles. The summed E-state index contributed by atoms with van der Waals surface area (Å²) >= 11 is 24.2. The smallest absolute Gasteiger partial charge is 0.262 e. The van der Waals surface area contributed by atoms with Crippen LogP contribution < -0.4 is 15.4 Å². The summed E-state index contributed by atoms with van der Waals surface area (Å²) in [5.74, 6) is -0.850. The van der Waals surface area contributed by atoms with Gasteiger partial charge in [-0.05, 0) is 54.6 Å². The van der Waals surface area contributed by atoms with Gasteiger partial charge in [0.2, 0.25) is 0 Å². The first kappa shape index (κ1) is 27.5. The molecule has 2 N–H and O–H groups in total. The van der Waals surface area contributed by atoms with Gasteiger partial charge < -0.3 is 15.4 Å². The zero-order valence-corrected chi connectivity index (χ0v) is 22.5. The monoisotopic (exact) mass is 586 g/mol. The van der Waals surface area contributed by atoms with E-state index in [1.807, 2.05) is 0 Å². The first-order valence-corrected chi connectivity index (χ1v) is 12.6. The van der Waals surface area contributed by atoms with Crippen molar-refractivity contribution in [3.8, 4) is 5.75 Å². The third-order valence-corrected chi connectivity index (χ3v) is 6.32. The largest absolute Gasteiger partial charge is 0.484 e. The Morgan fingerprint density at radius 2 is 1.34 bits per heavy atom. The van der Waals surface area contributed by atoms with E-state index in [1.54, 1.807) is 54.6 Å². The van der Waals surface area contributed by atoms with E-state index in [9.17, 15) is 14.4 Å². The first-order valence-electron chi connectivity index (χ1n) is 11.1. The van der Waals surface area contributed by atoms with Gasteiger partial charge in [0.1, 0.15) is 5.75 Å². The molecule has 0 radical (unpaired) electrons. The fourth-order valence-electron chi connectivity index (χ4n) is 3.44. The molecule has 0 saturated carbocycles. The number of carbonyl (C=O) groups excluding carboxylic acids is 3. The molecule has 0 aliphatic carbocycles. The molecule has 4 rings (SSSR count). The van der Waals surface area contributed by atoms with Crippen molar-refractivity contribution in [3.63, 3.8) is 0 Å². The quantitative estimate of drug-likeness (QED) is 0.206. The van der Waals surface area contributed by atoms with E-state index in [2.05, 4.69) is 10.6 Å². The zero-order chi connectivity index (χ0) is 27.2. The third-order valence-electron chi connectivity index (χ3n) is 5.27. The maximum absolute atomic E-state index is 12.9. The number of hydrogen-bond acceptors (Lipinski definition) is 4. The molecule has 4 aromatic carbocycles. The lowest BCUT2D eigenvalue weighted by Crippen LogP contribution is -2.21. The maximum Gasteiger partial charge on any atom is 0.262 e. The molecular weight excluding hydrogens is 570 g/mol. The molecule has 0 atom stereocenters. The third kappa shape index (κ3) is 6.85. The minimum atomic E-state index is -0.483. The van der Waals surface area contributed by atoms with Crippen LogP contribution in [0.3, 0.4) is 0 Å². The van der Waals surface area contributed by atoms with Crippen molar-refractivity contribution in [2.75, 3.05) is 17.2 Å². The number of amides is 2. The van der Waals surface area contributed by atoms with Crippen molar-refractivity contribution in [3.05, 3.63) is 122 Å². The molecule has 4 aromatic rings. The predicted octanol–water partition coefficient (Wildman–Crippen LogP) is 7.80. The minimum Gasteiger partial charge on any atom is -0.484 e. The molecule has 2 amide bonds. The molecule has 0 aromatic heterocycles. The summed E-state index contributed by atoms with van der Waals surface area (Å²) in [5, 5.41) is 6.45. The molecular formula is C28H18Cl4N2O4. The van der Waals surface area contributed by atoms with Gasteiger partial charge >= 0.3 is 0 Å². The Balaban J connectivity index is 1.38. The second-order valence-electron chi connectivity index (χ2n) is 7.94. The molecule has 0 fully saturated rings. The van der Waals surface area contributed by atoms with Crippen LogP contribution in [0, 0.1) is 0 Å². The second-order valence-corrected chi connectivity index (χ2v) is 9.63. The molecule has 38 heavy (non-hydrogen) atoms. The van der Waals surface area contributed by atoms with Gasteiger partial charge in [-0.3, -0.25) is 14.4 Å². The molecule has 192 valence electrons. The van der Waals surface area contributed by atoms with Crippen LogP contribution in [0.1, 0.15) is 26.3 Å². The highest BCUT2D eigenvalue weighted by molar-refractivity contribution is 6.42. The minimum absolute atomic E-state index is 0.205. The summed E-state index contributed by atoms with van der Waals surface area (Å²) in [6.07, 6.45) is 0. The Morgan fingerprint density at radius 3 is 2.00 bits per heavy atom. The highest BCUT2D eigenvalue weighted by Gasteiger charge is 2.17. The van der Waals surface area contributed by atoms with Crippen LogP contribution >= 0.6 is 46.4 Å². The van der Waals surface area contributed by atoms with Crippen molar-refractivity contribution in [2.24, 2.45) is 0 Å². The van der Waals surface area contributed by atoms with Crippen LogP contribution in [0.4, 0.5) is 11.4 Å². The van der Waals surface area contributed by atoms with Gasteiger partial charge in [-0.25, -0.2) is 0 Å². The number of ether oxygens (including phenoxy) is 1. The summed E-state index contributed by atoms with van der Waals surface area (Å²) in [6.45, 7) is -0.330. The summed E-state index contributed by atoms with van der Waals surface area (Å²) in [7, 11) is 0. The van der Waals surface area contributed by atoms with Gasteiger partial charge in [0.15, 0.2) is 12.4 Å². The predicted molar refractivity (Wildman–Crippen MR) is 151 cm³/mol. The summed E-state index contributed by atoms with van der Waals surface area (Å²) < 4.78 is 5.54.